The molecular formula is C12H22N4O2S. The third-order valence-corrected chi connectivity index (χ3v) is 3.96. The van der Waals surface area contributed by atoms with Gasteiger partial charge in [-0.05, 0) is 19.3 Å². The maximum atomic E-state index is 5.69. The molecule has 0 aromatic carbocycles. The smallest absolute Gasteiger partial charge is 0.191 e. The Labute approximate surface area is 118 Å². The molecule has 0 saturated heterocycles. The summed E-state index contributed by atoms with van der Waals surface area (Å²) in [5.41, 5.74) is 5.69. The second kappa shape index (κ2) is 7.84. The van der Waals surface area contributed by atoms with Crippen molar-refractivity contribution in [1.82, 2.24) is 14.8 Å². The van der Waals surface area contributed by atoms with Crippen molar-refractivity contribution in [3.63, 3.8) is 0 Å². The molecular weight excluding hydrogens is 264 g/mol. The lowest BCUT2D eigenvalue weighted by Gasteiger charge is -2.07. The summed E-state index contributed by atoms with van der Waals surface area (Å²) in [7, 11) is 1.68. The Morgan fingerprint density at radius 3 is 2.84 bits per heavy atom. The summed E-state index contributed by atoms with van der Waals surface area (Å²) in [6.07, 6.45) is 3.45. The monoisotopic (exact) mass is 286 g/mol. The lowest BCUT2D eigenvalue weighted by atomic mass is 10.5. The average molecular weight is 286 g/mol. The molecule has 2 N–H and O–H groups in total. The summed E-state index contributed by atoms with van der Waals surface area (Å²) in [5.74, 6) is 1.89. The molecule has 0 spiro atoms. The Kier molecular flexibility index (Phi) is 6.09. The second-order valence-electron chi connectivity index (χ2n) is 4.51. The molecule has 19 heavy (non-hydrogen) atoms. The van der Waals surface area contributed by atoms with Gasteiger partial charge in [-0.3, -0.25) is 0 Å². The molecule has 2 rings (SSSR count). The number of hydrogen-bond donors (Lipinski definition) is 1. The maximum absolute atomic E-state index is 5.69. The molecule has 0 bridgehead atoms. The van der Waals surface area contributed by atoms with E-state index < -0.39 is 0 Å². The number of nitrogens with two attached hydrogens (primary N) is 1. The molecule has 1 aliphatic rings. The first-order valence-electron chi connectivity index (χ1n) is 6.70. The summed E-state index contributed by atoms with van der Waals surface area (Å²) in [5, 5.41) is 9.39. The normalized spacial score (nSPS) is 15.1. The molecule has 6 nitrogen and oxygen atoms in total. The topological polar surface area (TPSA) is 75.2 Å². The van der Waals surface area contributed by atoms with Gasteiger partial charge in [-0.25, -0.2) is 0 Å². The predicted octanol–water partition coefficient (Wildman–Crippen LogP) is 1.22. The Hall–Kier alpha value is -0.630. The third-order valence-electron chi connectivity index (χ3n) is 2.93. The van der Waals surface area contributed by atoms with Gasteiger partial charge in [0.1, 0.15) is 5.82 Å². The molecule has 0 atom stereocenters. The molecule has 0 amide bonds. The van der Waals surface area contributed by atoms with E-state index in [9.17, 15) is 0 Å². The van der Waals surface area contributed by atoms with Crippen LogP contribution < -0.4 is 5.73 Å². The summed E-state index contributed by atoms with van der Waals surface area (Å²) < 4.78 is 12.6. The predicted molar refractivity (Wildman–Crippen MR) is 74.2 cm³/mol. The highest BCUT2D eigenvalue weighted by molar-refractivity contribution is 7.99. The zero-order chi connectivity index (χ0) is 13.5. The Bertz CT molecular complexity index is 382. The highest BCUT2D eigenvalue weighted by atomic mass is 32.2. The number of hydrogen-bond acceptors (Lipinski definition) is 6. The van der Waals surface area contributed by atoms with E-state index in [0.29, 0.717) is 25.8 Å². The number of nitrogens with zero attached hydrogens (tertiary/aromatic N) is 3. The SMILES string of the molecule is COCCOCCCSc1nnc(CN)n1C1CC1. The zero-order valence-electron chi connectivity index (χ0n) is 11.4. The minimum atomic E-state index is 0.462. The van der Waals surface area contributed by atoms with Crippen LogP contribution in [0.15, 0.2) is 5.16 Å². The van der Waals surface area contributed by atoms with Gasteiger partial charge in [0.15, 0.2) is 5.16 Å². The van der Waals surface area contributed by atoms with Crippen molar-refractivity contribution < 1.29 is 9.47 Å². The van der Waals surface area contributed by atoms with Crippen molar-refractivity contribution in [2.24, 2.45) is 5.73 Å². The van der Waals surface area contributed by atoms with Gasteiger partial charge in [0.05, 0.1) is 19.8 Å². The van der Waals surface area contributed by atoms with Gasteiger partial charge in [0, 0.05) is 25.5 Å². The van der Waals surface area contributed by atoms with Gasteiger partial charge in [0.25, 0.3) is 0 Å². The van der Waals surface area contributed by atoms with E-state index in [2.05, 4.69) is 14.8 Å². The molecule has 1 saturated carbocycles. The number of aromatic nitrogens is 3. The fourth-order valence-corrected chi connectivity index (χ4v) is 2.75. The first-order valence-corrected chi connectivity index (χ1v) is 7.68. The summed E-state index contributed by atoms with van der Waals surface area (Å²) in [6.45, 7) is 2.54. The molecule has 0 aliphatic heterocycles. The van der Waals surface area contributed by atoms with Crippen molar-refractivity contribution in [2.45, 2.75) is 37.0 Å². The molecule has 1 aliphatic carbocycles. The van der Waals surface area contributed by atoms with Crippen LogP contribution in [0.2, 0.25) is 0 Å². The largest absolute Gasteiger partial charge is 0.382 e. The van der Waals surface area contributed by atoms with E-state index in [1.807, 2.05) is 0 Å². The molecule has 1 fully saturated rings. The number of rotatable bonds is 10. The second-order valence-corrected chi connectivity index (χ2v) is 5.57. The minimum Gasteiger partial charge on any atom is -0.382 e. The Balaban J connectivity index is 1.69. The molecule has 0 unspecified atom stereocenters. The van der Waals surface area contributed by atoms with E-state index >= 15 is 0 Å². The van der Waals surface area contributed by atoms with E-state index in [4.69, 9.17) is 15.2 Å². The van der Waals surface area contributed by atoms with Crippen LogP contribution in [0.1, 0.15) is 31.1 Å². The van der Waals surface area contributed by atoms with Crippen LogP contribution in [0.4, 0.5) is 0 Å². The van der Waals surface area contributed by atoms with Crippen LogP contribution in [-0.4, -0.2) is 47.4 Å². The van der Waals surface area contributed by atoms with Gasteiger partial charge in [-0.2, -0.15) is 0 Å². The van der Waals surface area contributed by atoms with Crippen molar-refractivity contribution in [3.05, 3.63) is 5.82 Å². The molecule has 1 aromatic heterocycles. The average Bonchev–Trinajstić information content (AvgIpc) is 3.18. The van der Waals surface area contributed by atoms with Gasteiger partial charge >= 0.3 is 0 Å². The molecule has 1 aromatic rings. The van der Waals surface area contributed by atoms with Crippen LogP contribution >= 0.6 is 11.8 Å². The van der Waals surface area contributed by atoms with E-state index in [1.54, 1.807) is 18.9 Å². The van der Waals surface area contributed by atoms with Gasteiger partial charge in [-0.1, -0.05) is 11.8 Å². The Morgan fingerprint density at radius 2 is 2.16 bits per heavy atom. The number of thioether (sulfide) groups is 1. The highest BCUT2D eigenvalue weighted by Crippen LogP contribution is 2.38. The van der Waals surface area contributed by atoms with E-state index in [-0.39, 0.29) is 0 Å². The third kappa shape index (κ3) is 4.45. The van der Waals surface area contributed by atoms with Gasteiger partial charge in [-0.15, -0.1) is 10.2 Å². The summed E-state index contributed by atoms with van der Waals surface area (Å²) >= 11 is 1.74. The molecule has 0 radical (unpaired) electrons. The molecule has 7 heteroatoms. The van der Waals surface area contributed by atoms with Gasteiger partial charge in [0.2, 0.25) is 0 Å². The van der Waals surface area contributed by atoms with Crippen LogP contribution in [0.5, 0.6) is 0 Å². The van der Waals surface area contributed by atoms with E-state index in [0.717, 1.165) is 29.8 Å². The van der Waals surface area contributed by atoms with Crippen molar-refractivity contribution in [3.8, 4) is 0 Å². The fraction of sp³-hybridized carbons (Fsp3) is 0.833. The lowest BCUT2D eigenvalue weighted by molar-refractivity contribution is 0.0713. The lowest BCUT2D eigenvalue weighted by Crippen LogP contribution is -2.08. The van der Waals surface area contributed by atoms with Crippen molar-refractivity contribution in [2.75, 3.05) is 32.7 Å². The van der Waals surface area contributed by atoms with Crippen molar-refractivity contribution in [1.29, 1.82) is 0 Å². The van der Waals surface area contributed by atoms with Crippen LogP contribution in [0.25, 0.3) is 0 Å². The minimum absolute atomic E-state index is 0.462. The maximum Gasteiger partial charge on any atom is 0.191 e. The van der Waals surface area contributed by atoms with Crippen LogP contribution in [-0.2, 0) is 16.0 Å². The van der Waals surface area contributed by atoms with Crippen LogP contribution in [0, 0.1) is 0 Å². The first-order chi connectivity index (χ1) is 9.36. The standard InChI is InChI=1S/C12H22N4O2S/c1-17-6-7-18-5-2-8-19-12-15-14-11(9-13)16(12)10-3-4-10/h10H,2-9,13H2,1H3. The fourth-order valence-electron chi connectivity index (χ4n) is 1.81. The van der Waals surface area contributed by atoms with E-state index in [1.165, 1.54) is 12.8 Å². The van der Waals surface area contributed by atoms with Gasteiger partial charge < -0.3 is 19.8 Å². The highest BCUT2D eigenvalue weighted by Gasteiger charge is 2.28. The van der Waals surface area contributed by atoms with Crippen LogP contribution in [0.3, 0.4) is 0 Å². The first kappa shape index (κ1) is 14.8. The van der Waals surface area contributed by atoms with Crippen molar-refractivity contribution >= 4 is 11.8 Å². The quantitative estimate of drug-likeness (QED) is 0.515. The molecule has 1 heterocycles. The number of methoxy groups -OCH3 is 1. The summed E-state index contributed by atoms with van der Waals surface area (Å²) in [6, 6.07) is 0.578. The molecule has 108 valence electrons. The summed E-state index contributed by atoms with van der Waals surface area (Å²) in [4.78, 5) is 0. The Morgan fingerprint density at radius 1 is 1.32 bits per heavy atom. The zero-order valence-corrected chi connectivity index (χ0v) is 12.2. The number of ether oxygens (including phenoxy) is 2.